The zero-order valence-electron chi connectivity index (χ0n) is 15.1. The molecular formula is C21H25NO2. The van der Waals surface area contributed by atoms with Crippen LogP contribution < -0.4 is 0 Å². The maximum absolute atomic E-state index is 11.9. The van der Waals surface area contributed by atoms with Crippen molar-refractivity contribution in [2.24, 2.45) is 5.41 Å². The van der Waals surface area contributed by atoms with E-state index < -0.39 is 5.41 Å². The molecule has 1 aromatic carbocycles. The molecule has 1 aromatic heterocycles. The number of carbonyl (C=O) groups is 1. The van der Waals surface area contributed by atoms with Gasteiger partial charge in [-0.15, -0.1) is 0 Å². The third-order valence-corrected chi connectivity index (χ3v) is 4.44. The first kappa shape index (κ1) is 16.6. The van der Waals surface area contributed by atoms with Gasteiger partial charge in [-0.2, -0.15) is 0 Å². The fourth-order valence-corrected chi connectivity index (χ4v) is 2.89. The van der Waals surface area contributed by atoms with Crippen molar-refractivity contribution >= 4 is 12.0 Å². The van der Waals surface area contributed by atoms with Gasteiger partial charge in [-0.05, 0) is 25.5 Å². The highest BCUT2D eigenvalue weighted by molar-refractivity contribution is 5.82. The largest absolute Gasteiger partial charge is 0.431 e. The predicted molar refractivity (Wildman–Crippen MR) is 97.4 cm³/mol. The van der Waals surface area contributed by atoms with Crippen LogP contribution in [0.25, 0.3) is 17.2 Å². The standard InChI is InChI=1S/C21H25NO2/c1-20(2,3)18-12-16(14-9-7-6-8-10-14)17(22-18)11-15-13-21(4,5)19(23)24-15/h6-12,22H,13H2,1-5H3/b15-11+. The average molecular weight is 323 g/mol. The molecular weight excluding hydrogens is 298 g/mol. The first-order chi connectivity index (χ1) is 11.2. The first-order valence-corrected chi connectivity index (χ1v) is 8.38. The first-order valence-electron chi connectivity index (χ1n) is 8.38. The summed E-state index contributed by atoms with van der Waals surface area (Å²) in [5.74, 6) is 0.571. The molecule has 0 radical (unpaired) electrons. The van der Waals surface area contributed by atoms with Crippen LogP contribution >= 0.6 is 0 Å². The Morgan fingerprint density at radius 1 is 1.17 bits per heavy atom. The highest BCUT2D eigenvalue weighted by Gasteiger charge is 2.38. The number of rotatable bonds is 2. The van der Waals surface area contributed by atoms with Crippen molar-refractivity contribution in [2.45, 2.75) is 46.5 Å². The SMILES string of the molecule is CC1(C)C/C(=C\c2[nH]c(C(C)(C)C)cc2-c2ccccc2)OC1=O. The number of benzene rings is 1. The van der Waals surface area contributed by atoms with Crippen LogP contribution in [0.1, 0.15) is 52.4 Å². The van der Waals surface area contributed by atoms with Crippen molar-refractivity contribution in [1.82, 2.24) is 4.98 Å². The van der Waals surface area contributed by atoms with Crippen LogP contribution in [-0.2, 0) is 14.9 Å². The van der Waals surface area contributed by atoms with Gasteiger partial charge in [0.15, 0.2) is 0 Å². The third-order valence-electron chi connectivity index (χ3n) is 4.44. The molecule has 126 valence electrons. The Balaban J connectivity index is 2.07. The third kappa shape index (κ3) is 3.16. The molecule has 0 aliphatic carbocycles. The number of aromatic nitrogens is 1. The van der Waals surface area contributed by atoms with Gasteiger partial charge in [0.1, 0.15) is 5.76 Å². The molecule has 1 aliphatic rings. The Bertz CT molecular complexity index is 789. The summed E-state index contributed by atoms with van der Waals surface area (Å²) in [7, 11) is 0. The van der Waals surface area contributed by atoms with Gasteiger partial charge in [-0.25, -0.2) is 0 Å². The summed E-state index contributed by atoms with van der Waals surface area (Å²) in [6.45, 7) is 10.4. The summed E-state index contributed by atoms with van der Waals surface area (Å²) in [6, 6.07) is 12.5. The van der Waals surface area contributed by atoms with Gasteiger partial charge in [0, 0.05) is 34.9 Å². The highest BCUT2D eigenvalue weighted by Crippen LogP contribution is 2.38. The molecule has 0 spiro atoms. The Kier molecular flexibility index (Phi) is 3.90. The van der Waals surface area contributed by atoms with Gasteiger partial charge in [-0.3, -0.25) is 4.79 Å². The maximum Gasteiger partial charge on any atom is 0.317 e. The summed E-state index contributed by atoms with van der Waals surface area (Å²) in [5.41, 5.74) is 4.02. The molecule has 0 saturated carbocycles. The predicted octanol–water partition coefficient (Wildman–Crippen LogP) is 5.29. The zero-order chi connectivity index (χ0) is 17.5. The molecule has 2 heterocycles. The topological polar surface area (TPSA) is 42.1 Å². The Morgan fingerprint density at radius 2 is 1.83 bits per heavy atom. The smallest absolute Gasteiger partial charge is 0.317 e. The lowest BCUT2D eigenvalue weighted by Crippen LogP contribution is -2.16. The Morgan fingerprint density at radius 3 is 2.38 bits per heavy atom. The fraction of sp³-hybridized carbons (Fsp3) is 0.381. The minimum absolute atomic E-state index is 0.0198. The fourth-order valence-electron chi connectivity index (χ4n) is 2.89. The number of cyclic esters (lactones) is 1. The van der Waals surface area contributed by atoms with E-state index in [1.54, 1.807) is 0 Å². The van der Waals surface area contributed by atoms with Gasteiger partial charge < -0.3 is 9.72 Å². The van der Waals surface area contributed by atoms with E-state index in [1.807, 2.05) is 38.1 Å². The second-order valence-corrected chi connectivity index (χ2v) is 8.19. The van der Waals surface area contributed by atoms with Crippen molar-refractivity contribution in [1.29, 1.82) is 0 Å². The molecule has 3 heteroatoms. The van der Waals surface area contributed by atoms with Gasteiger partial charge in [0.25, 0.3) is 0 Å². The van der Waals surface area contributed by atoms with Crippen LogP contribution in [0.3, 0.4) is 0 Å². The van der Waals surface area contributed by atoms with Gasteiger partial charge >= 0.3 is 5.97 Å². The van der Waals surface area contributed by atoms with Gasteiger partial charge in [-0.1, -0.05) is 51.1 Å². The lowest BCUT2D eigenvalue weighted by molar-refractivity contribution is -0.142. The molecule has 1 fully saturated rings. The van der Waals surface area contributed by atoms with E-state index in [-0.39, 0.29) is 11.4 Å². The van der Waals surface area contributed by atoms with E-state index in [9.17, 15) is 4.79 Å². The number of hydrogen-bond acceptors (Lipinski definition) is 2. The van der Waals surface area contributed by atoms with E-state index in [1.165, 1.54) is 0 Å². The number of allylic oxidation sites excluding steroid dienone is 1. The molecule has 1 saturated heterocycles. The van der Waals surface area contributed by atoms with Crippen molar-refractivity contribution in [3.63, 3.8) is 0 Å². The van der Waals surface area contributed by atoms with Crippen LogP contribution in [0.2, 0.25) is 0 Å². The minimum Gasteiger partial charge on any atom is -0.431 e. The van der Waals surface area contributed by atoms with Crippen molar-refractivity contribution in [3.05, 3.63) is 53.5 Å². The second kappa shape index (κ2) is 5.66. The normalized spacial score (nSPS) is 18.9. The lowest BCUT2D eigenvalue weighted by atomic mass is 9.91. The van der Waals surface area contributed by atoms with Crippen LogP contribution in [-0.4, -0.2) is 11.0 Å². The monoisotopic (exact) mass is 323 g/mol. The van der Waals surface area contributed by atoms with E-state index >= 15 is 0 Å². The van der Waals surface area contributed by atoms with E-state index in [0.29, 0.717) is 6.42 Å². The number of H-pyrrole nitrogens is 1. The number of carbonyl (C=O) groups excluding carboxylic acids is 1. The molecule has 24 heavy (non-hydrogen) atoms. The molecule has 2 aromatic rings. The van der Waals surface area contributed by atoms with E-state index in [4.69, 9.17) is 4.74 Å². The van der Waals surface area contributed by atoms with Crippen molar-refractivity contribution < 1.29 is 9.53 Å². The number of hydrogen-bond donors (Lipinski definition) is 1. The van der Waals surface area contributed by atoms with Crippen LogP contribution in [0, 0.1) is 5.41 Å². The molecule has 0 amide bonds. The van der Waals surface area contributed by atoms with Crippen molar-refractivity contribution in [3.8, 4) is 11.1 Å². The number of aromatic amines is 1. The number of ether oxygens (including phenoxy) is 1. The minimum atomic E-state index is -0.446. The number of nitrogens with one attached hydrogen (secondary N) is 1. The second-order valence-electron chi connectivity index (χ2n) is 8.19. The van der Waals surface area contributed by atoms with E-state index in [0.717, 1.165) is 28.3 Å². The summed E-state index contributed by atoms with van der Waals surface area (Å²) in [4.78, 5) is 15.5. The quantitative estimate of drug-likeness (QED) is 0.763. The van der Waals surface area contributed by atoms with Crippen molar-refractivity contribution in [2.75, 3.05) is 0 Å². The summed E-state index contributed by atoms with van der Waals surface area (Å²) in [6.07, 6.45) is 2.61. The Labute approximate surface area is 143 Å². The van der Waals surface area contributed by atoms with Crippen LogP contribution in [0.4, 0.5) is 0 Å². The molecule has 3 nitrogen and oxygen atoms in total. The lowest BCUT2D eigenvalue weighted by Gasteiger charge is -2.15. The summed E-state index contributed by atoms with van der Waals surface area (Å²) in [5, 5.41) is 0. The van der Waals surface area contributed by atoms with Gasteiger partial charge in [0.2, 0.25) is 0 Å². The molecule has 0 atom stereocenters. The average Bonchev–Trinajstić information content (AvgIpc) is 3.01. The Hall–Kier alpha value is -2.29. The van der Waals surface area contributed by atoms with Crippen LogP contribution in [0.5, 0.6) is 0 Å². The molecule has 0 unspecified atom stereocenters. The van der Waals surface area contributed by atoms with Crippen LogP contribution in [0.15, 0.2) is 42.2 Å². The maximum atomic E-state index is 11.9. The van der Waals surface area contributed by atoms with E-state index in [2.05, 4.69) is 44.0 Å². The molecule has 1 aliphatic heterocycles. The number of esters is 1. The molecule has 3 rings (SSSR count). The summed E-state index contributed by atoms with van der Waals surface area (Å²) < 4.78 is 5.47. The van der Waals surface area contributed by atoms with Gasteiger partial charge in [0.05, 0.1) is 5.41 Å². The highest BCUT2D eigenvalue weighted by atomic mass is 16.5. The molecule has 0 bridgehead atoms. The summed E-state index contributed by atoms with van der Waals surface area (Å²) >= 11 is 0. The zero-order valence-corrected chi connectivity index (χ0v) is 15.1. The molecule has 1 N–H and O–H groups in total.